The van der Waals surface area contributed by atoms with Gasteiger partial charge in [-0.2, -0.15) is 0 Å². The third-order valence-electron chi connectivity index (χ3n) is 6.89. The summed E-state index contributed by atoms with van der Waals surface area (Å²) in [6.07, 6.45) is 11.3. The van der Waals surface area contributed by atoms with Crippen molar-refractivity contribution in [3.8, 4) is 0 Å². The fourth-order valence-electron chi connectivity index (χ4n) is 4.89. The van der Waals surface area contributed by atoms with Crippen LogP contribution in [0.15, 0.2) is 48.5 Å². The van der Waals surface area contributed by atoms with Crippen molar-refractivity contribution in [3.05, 3.63) is 59.7 Å². The monoisotopic (exact) mass is 476 g/mol. The predicted molar refractivity (Wildman–Crippen MR) is 139 cm³/mol. The highest BCUT2D eigenvalue weighted by atomic mass is 16.2. The summed E-state index contributed by atoms with van der Waals surface area (Å²) in [5.41, 5.74) is 2.52. The zero-order chi connectivity index (χ0) is 24.5. The van der Waals surface area contributed by atoms with E-state index in [4.69, 9.17) is 0 Å². The average Bonchev–Trinajstić information content (AvgIpc) is 2.89. The molecule has 2 aromatic carbocycles. The van der Waals surface area contributed by atoms with E-state index in [0.717, 1.165) is 38.5 Å². The quantitative estimate of drug-likeness (QED) is 0.437. The van der Waals surface area contributed by atoms with Crippen LogP contribution in [0.4, 0.5) is 11.4 Å². The molecule has 0 aromatic heterocycles. The van der Waals surface area contributed by atoms with Crippen molar-refractivity contribution in [1.82, 2.24) is 10.6 Å². The van der Waals surface area contributed by atoms with Gasteiger partial charge < -0.3 is 21.3 Å². The Hall–Kier alpha value is -3.35. The molecule has 186 valence electrons. The van der Waals surface area contributed by atoms with Crippen LogP contribution in [0, 0.1) is 0 Å². The van der Waals surface area contributed by atoms with Crippen LogP contribution in [0.1, 0.15) is 84.9 Å². The van der Waals surface area contributed by atoms with Gasteiger partial charge in [-0.3, -0.25) is 14.4 Å². The van der Waals surface area contributed by atoms with Crippen LogP contribution in [0.2, 0.25) is 0 Å². The van der Waals surface area contributed by atoms with E-state index in [9.17, 15) is 14.4 Å². The fourth-order valence-corrected chi connectivity index (χ4v) is 4.89. The van der Waals surface area contributed by atoms with Crippen molar-refractivity contribution in [3.63, 3.8) is 0 Å². The maximum Gasteiger partial charge on any atom is 0.251 e. The van der Waals surface area contributed by atoms with Crippen LogP contribution in [0.3, 0.4) is 0 Å². The normalized spacial score (nSPS) is 16.8. The molecule has 4 rings (SSSR count). The highest BCUT2D eigenvalue weighted by molar-refractivity contribution is 5.97. The average molecular weight is 477 g/mol. The maximum absolute atomic E-state index is 12.6. The summed E-state index contributed by atoms with van der Waals surface area (Å²) in [5.74, 6) is -0.345. The Balaban J connectivity index is 1.23. The second-order valence-corrected chi connectivity index (χ2v) is 9.68. The lowest BCUT2D eigenvalue weighted by Crippen LogP contribution is -2.36. The summed E-state index contributed by atoms with van der Waals surface area (Å²) in [7, 11) is 0. The Bertz CT molecular complexity index is 1010. The summed E-state index contributed by atoms with van der Waals surface area (Å²) in [5, 5.41) is 12.1. The summed E-state index contributed by atoms with van der Waals surface area (Å²) in [6, 6.07) is 14.7. The number of nitrogens with one attached hydrogen (secondary N) is 4. The maximum atomic E-state index is 12.6. The highest BCUT2D eigenvalue weighted by Gasteiger charge is 2.18. The van der Waals surface area contributed by atoms with Crippen LogP contribution >= 0.6 is 0 Å². The molecule has 2 saturated carbocycles. The van der Waals surface area contributed by atoms with E-state index in [2.05, 4.69) is 21.3 Å². The minimum Gasteiger partial charge on any atom is -0.376 e. The van der Waals surface area contributed by atoms with Crippen molar-refractivity contribution in [1.29, 1.82) is 0 Å². The third-order valence-corrected chi connectivity index (χ3v) is 6.89. The van der Waals surface area contributed by atoms with Gasteiger partial charge in [0.05, 0.1) is 6.54 Å². The summed E-state index contributed by atoms with van der Waals surface area (Å²) in [4.78, 5) is 37.5. The molecule has 0 atom stereocenters. The van der Waals surface area contributed by atoms with Gasteiger partial charge >= 0.3 is 0 Å². The molecule has 0 aliphatic heterocycles. The molecule has 2 fully saturated rings. The fraction of sp³-hybridized carbons (Fsp3) is 0.464. The lowest BCUT2D eigenvalue weighted by atomic mass is 9.95. The van der Waals surface area contributed by atoms with E-state index in [-0.39, 0.29) is 36.3 Å². The number of anilines is 2. The Morgan fingerprint density at radius 3 is 1.83 bits per heavy atom. The molecule has 0 saturated heterocycles. The second-order valence-electron chi connectivity index (χ2n) is 9.68. The molecule has 2 aromatic rings. The first-order valence-electron chi connectivity index (χ1n) is 12.9. The van der Waals surface area contributed by atoms with Gasteiger partial charge in [-0.15, -0.1) is 0 Å². The number of hydrogen-bond acceptors (Lipinski definition) is 4. The molecule has 7 nitrogen and oxygen atoms in total. The molecule has 0 radical (unpaired) electrons. The zero-order valence-corrected chi connectivity index (χ0v) is 20.3. The first kappa shape index (κ1) is 24.8. The van der Waals surface area contributed by atoms with Gasteiger partial charge in [0.25, 0.3) is 11.8 Å². The molecule has 0 heterocycles. The van der Waals surface area contributed by atoms with Crippen molar-refractivity contribution < 1.29 is 14.4 Å². The van der Waals surface area contributed by atoms with E-state index >= 15 is 0 Å². The lowest BCUT2D eigenvalue weighted by Gasteiger charge is -2.22. The molecule has 0 bridgehead atoms. The number of benzene rings is 2. The van der Waals surface area contributed by atoms with Gasteiger partial charge in [-0.25, -0.2) is 0 Å². The molecule has 4 N–H and O–H groups in total. The number of carbonyl (C=O) groups excluding carboxylic acids is 3. The summed E-state index contributed by atoms with van der Waals surface area (Å²) < 4.78 is 0. The van der Waals surface area contributed by atoms with Crippen LogP contribution in [0.5, 0.6) is 0 Å². The molecule has 2 aliphatic carbocycles. The number of amides is 3. The Morgan fingerprint density at radius 2 is 1.23 bits per heavy atom. The minimum absolute atomic E-state index is 0.0659. The van der Waals surface area contributed by atoms with Crippen molar-refractivity contribution in [2.24, 2.45) is 0 Å². The van der Waals surface area contributed by atoms with Crippen molar-refractivity contribution in [2.75, 3.05) is 17.2 Å². The molecule has 0 unspecified atom stereocenters. The third kappa shape index (κ3) is 7.57. The van der Waals surface area contributed by atoms with Gasteiger partial charge in [0, 0.05) is 34.6 Å². The zero-order valence-electron chi connectivity index (χ0n) is 20.3. The van der Waals surface area contributed by atoms with Crippen molar-refractivity contribution >= 4 is 29.1 Å². The first-order chi connectivity index (χ1) is 17.1. The Kier molecular flexibility index (Phi) is 8.76. The molecular formula is C28H36N4O3. The molecular weight excluding hydrogens is 440 g/mol. The van der Waals surface area contributed by atoms with E-state index < -0.39 is 0 Å². The minimum atomic E-state index is -0.207. The van der Waals surface area contributed by atoms with Gasteiger partial charge in [0.2, 0.25) is 5.91 Å². The standard InChI is InChI=1S/C28H36N4O3/c33-26(30-24-16-14-20(15-17-24)27(34)31-22-9-3-1-4-10-22)19-29-25-13-7-8-21(18-25)28(35)32-23-11-5-2-6-12-23/h7-8,13-18,22-23,29H,1-6,9-12,19H2,(H,30,33)(H,31,34)(H,32,35). The van der Waals surface area contributed by atoms with E-state index in [1.807, 2.05) is 12.1 Å². The predicted octanol–water partition coefficient (Wildman–Crippen LogP) is 4.86. The topological polar surface area (TPSA) is 99.3 Å². The van der Waals surface area contributed by atoms with E-state index in [1.165, 1.54) is 25.7 Å². The SMILES string of the molecule is O=C(CNc1cccc(C(=O)NC2CCCCC2)c1)Nc1ccc(C(=O)NC2CCCCC2)cc1. The molecule has 2 aliphatic rings. The van der Waals surface area contributed by atoms with Gasteiger partial charge in [0.1, 0.15) is 0 Å². The molecule has 0 spiro atoms. The second kappa shape index (κ2) is 12.4. The number of carbonyl (C=O) groups is 3. The van der Waals surface area contributed by atoms with Crippen LogP contribution in [-0.2, 0) is 4.79 Å². The van der Waals surface area contributed by atoms with E-state index in [1.54, 1.807) is 36.4 Å². The van der Waals surface area contributed by atoms with Gasteiger partial charge in [0.15, 0.2) is 0 Å². The van der Waals surface area contributed by atoms with Crippen molar-refractivity contribution in [2.45, 2.75) is 76.3 Å². The smallest absolute Gasteiger partial charge is 0.251 e. The molecule has 7 heteroatoms. The van der Waals surface area contributed by atoms with Crippen LogP contribution in [0.25, 0.3) is 0 Å². The Labute approximate surface area is 207 Å². The number of rotatable bonds is 8. The Morgan fingerprint density at radius 1 is 0.657 bits per heavy atom. The lowest BCUT2D eigenvalue weighted by molar-refractivity contribution is -0.114. The van der Waals surface area contributed by atoms with Crippen LogP contribution < -0.4 is 21.3 Å². The van der Waals surface area contributed by atoms with E-state index in [0.29, 0.717) is 22.5 Å². The highest BCUT2D eigenvalue weighted by Crippen LogP contribution is 2.19. The number of hydrogen-bond donors (Lipinski definition) is 4. The van der Waals surface area contributed by atoms with Crippen LogP contribution in [-0.4, -0.2) is 36.3 Å². The summed E-state index contributed by atoms with van der Waals surface area (Å²) in [6.45, 7) is 0.0671. The largest absolute Gasteiger partial charge is 0.376 e. The van der Waals surface area contributed by atoms with Gasteiger partial charge in [-0.05, 0) is 68.1 Å². The summed E-state index contributed by atoms with van der Waals surface area (Å²) >= 11 is 0. The molecule has 3 amide bonds. The van der Waals surface area contributed by atoms with Gasteiger partial charge in [-0.1, -0.05) is 44.6 Å². The molecule has 35 heavy (non-hydrogen) atoms. The first-order valence-corrected chi connectivity index (χ1v) is 12.9.